The standard InChI is InChI=1S/C12H19NO/c1-4-9(3)12(14)11-10(5-2)7-6-8-13-11/h6-9,12,14H,4-5H2,1-3H3. The van der Waals surface area contributed by atoms with E-state index in [1.54, 1.807) is 6.20 Å². The van der Waals surface area contributed by atoms with Gasteiger partial charge in [0, 0.05) is 6.20 Å². The summed E-state index contributed by atoms with van der Waals surface area (Å²) in [5, 5.41) is 10.0. The van der Waals surface area contributed by atoms with Gasteiger partial charge in [-0.3, -0.25) is 4.98 Å². The molecule has 0 radical (unpaired) electrons. The molecule has 0 bridgehead atoms. The summed E-state index contributed by atoms with van der Waals surface area (Å²) in [5.74, 6) is 0.273. The van der Waals surface area contributed by atoms with Crippen molar-refractivity contribution in [2.24, 2.45) is 5.92 Å². The van der Waals surface area contributed by atoms with Crippen LogP contribution in [0, 0.1) is 5.92 Å². The minimum atomic E-state index is -0.420. The van der Waals surface area contributed by atoms with E-state index in [2.05, 4.69) is 25.8 Å². The molecule has 1 aromatic heterocycles. The fraction of sp³-hybridized carbons (Fsp3) is 0.583. The average molecular weight is 193 g/mol. The number of aliphatic hydroxyl groups is 1. The smallest absolute Gasteiger partial charge is 0.0987 e. The third-order valence-electron chi connectivity index (χ3n) is 2.77. The van der Waals surface area contributed by atoms with Crippen LogP contribution < -0.4 is 0 Å². The molecular weight excluding hydrogens is 174 g/mol. The lowest BCUT2D eigenvalue weighted by Gasteiger charge is -2.18. The second-order valence-electron chi connectivity index (χ2n) is 3.73. The number of aromatic nitrogens is 1. The fourth-order valence-electron chi connectivity index (χ4n) is 1.51. The molecule has 2 heteroatoms. The maximum atomic E-state index is 10.0. The molecule has 0 spiro atoms. The highest BCUT2D eigenvalue weighted by Crippen LogP contribution is 2.25. The zero-order valence-electron chi connectivity index (χ0n) is 9.20. The van der Waals surface area contributed by atoms with Gasteiger partial charge in [0.1, 0.15) is 0 Å². The number of aryl methyl sites for hydroxylation is 1. The van der Waals surface area contributed by atoms with Gasteiger partial charge in [0.15, 0.2) is 0 Å². The second-order valence-corrected chi connectivity index (χ2v) is 3.73. The first-order valence-electron chi connectivity index (χ1n) is 5.32. The van der Waals surface area contributed by atoms with E-state index in [9.17, 15) is 5.11 Å². The minimum Gasteiger partial charge on any atom is -0.387 e. The summed E-state index contributed by atoms with van der Waals surface area (Å²) >= 11 is 0. The van der Waals surface area contributed by atoms with Crippen molar-refractivity contribution in [1.29, 1.82) is 0 Å². The molecule has 0 saturated heterocycles. The van der Waals surface area contributed by atoms with Crippen LogP contribution in [0.2, 0.25) is 0 Å². The van der Waals surface area contributed by atoms with Gasteiger partial charge in [-0.05, 0) is 24.0 Å². The van der Waals surface area contributed by atoms with Crippen molar-refractivity contribution in [2.75, 3.05) is 0 Å². The van der Waals surface area contributed by atoms with E-state index in [-0.39, 0.29) is 5.92 Å². The summed E-state index contributed by atoms with van der Waals surface area (Å²) in [5.41, 5.74) is 2.00. The van der Waals surface area contributed by atoms with Crippen LogP contribution in [0.15, 0.2) is 18.3 Å². The number of nitrogens with zero attached hydrogens (tertiary/aromatic N) is 1. The van der Waals surface area contributed by atoms with Crippen LogP contribution in [0.1, 0.15) is 44.6 Å². The lowest BCUT2D eigenvalue weighted by atomic mass is 9.95. The number of rotatable bonds is 4. The normalized spacial score (nSPS) is 15.1. The number of hydrogen-bond donors (Lipinski definition) is 1. The average Bonchev–Trinajstić information content (AvgIpc) is 2.26. The molecule has 0 aliphatic rings. The molecule has 2 nitrogen and oxygen atoms in total. The maximum Gasteiger partial charge on any atom is 0.0987 e. The second kappa shape index (κ2) is 5.11. The van der Waals surface area contributed by atoms with Crippen LogP contribution in [-0.4, -0.2) is 10.1 Å². The Bertz CT molecular complexity index is 285. The van der Waals surface area contributed by atoms with Gasteiger partial charge in [0.2, 0.25) is 0 Å². The van der Waals surface area contributed by atoms with Gasteiger partial charge in [-0.1, -0.05) is 33.3 Å². The quantitative estimate of drug-likeness (QED) is 0.797. The molecule has 14 heavy (non-hydrogen) atoms. The van der Waals surface area contributed by atoms with E-state index >= 15 is 0 Å². The summed E-state index contributed by atoms with van der Waals surface area (Å²) in [7, 11) is 0. The largest absolute Gasteiger partial charge is 0.387 e. The van der Waals surface area contributed by atoms with Crippen LogP contribution >= 0.6 is 0 Å². The topological polar surface area (TPSA) is 33.1 Å². The molecule has 2 atom stereocenters. The lowest BCUT2D eigenvalue weighted by Crippen LogP contribution is -2.12. The van der Waals surface area contributed by atoms with Crippen molar-refractivity contribution >= 4 is 0 Å². The predicted molar refractivity (Wildman–Crippen MR) is 58.0 cm³/mol. The molecule has 1 heterocycles. The Labute approximate surface area is 86.0 Å². The Morgan fingerprint density at radius 3 is 2.71 bits per heavy atom. The molecule has 1 N–H and O–H groups in total. The molecular formula is C12H19NO. The number of aliphatic hydroxyl groups excluding tert-OH is 1. The monoisotopic (exact) mass is 193 g/mol. The van der Waals surface area contributed by atoms with Gasteiger partial charge in [0.25, 0.3) is 0 Å². The van der Waals surface area contributed by atoms with E-state index < -0.39 is 6.10 Å². The van der Waals surface area contributed by atoms with E-state index in [1.807, 2.05) is 12.1 Å². The van der Waals surface area contributed by atoms with Crippen molar-refractivity contribution in [3.8, 4) is 0 Å². The Morgan fingerprint density at radius 2 is 2.14 bits per heavy atom. The van der Waals surface area contributed by atoms with E-state index in [4.69, 9.17) is 0 Å². The third-order valence-corrected chi connectivity index (χ3v) is 2.77. The molecule has 0 aliphatic carbocycles. The van der Waals surface area contributed by atoms with Crippen molar-refractivity contribution in [1.82, 2.24) is 4.98 Å². The molecule has 1 aromatic rings. The number of pyridine rings is 1. The summed E-state index contributed by atoms with van der Waals surface area (Å²) in [4.78, 5) is 4.27. The van der Waals surface area contributed by atoms with E-state index in [0.717, 1.165) is 24.1 Å². The van der Waals surface area contributed by atoms with Gasteiger partial charge < -0.3 is 5.11 Å². The molecule has 0 amide bonds. The van der Waals surface area contributed by atoms with Gasteiger partial charge in [-0.2, -0.15) is 0 Å². The van der Waals surface area contributed by atoms with E-state index in [0.29, 0.717) is 0 Å². The first kappa shape index (κ1) is 11.2. The molecule has 0 fully saturated rings. The van der Waals surface area contributed by atoms with Crippen LogP contribution in [0.4, 0.5) is 0 Å². The molecule has 1 rings (SSSR count). The fourth-order valence-corrected chi connectivity index (χ4v) is 1.51. The van der Waals surface area contributed by atoms with Crippen LogP contribution in [0.3, 0.4) is 0 Å². The highest BCUT2D eigenvalue weighted by Gasteiger charge is 2.18. The Kier molecular flexibility index (Phi) is 4.08. The van der Waals surface area contributed by atoms with Gasteiger partial charge in [-0.15, -0.1) is 0 Å². The van der Waals surface area contributed by atoms with Gasteiger partial charge in [-0.25, -0.2) is 0 Å². The van der Waals surface area contributed by atoms with Crippen LogP contribution in [0.25, 0.3) is 0 Å². The molecule has 78 valence electrons. The first-order chi connectivity index (χ1) is 6.70. The molecule has 2 unspecified atom stereocenters. The highest BCUT2D eigenvalue weighted by atomic mass is 16.3. The zero-order valence-corrected chi connectivity index (χ0v) is 9.20. The Hall–Kier alpha value is -0.890. The molecule has 0 saturated carbocycles. The zero-order chi connectivity index (χ0) is 10.6. The van der Waals surface area contributed by atoms with Crippen LogP contribution in [0.5, 0.6) is 0 Å². The Balaban J connectivity index is 2.93. The lowest BCUT2D eigenvalue weighted by molar-refractivity contribution is 0.110. The van der Waals surface area contributed by atoms with Crippen molar-refractivity contribution in [2.45, 2.75) is 39.7 Å². The maximum absolute atomic E-state index is 10.0. The predicted octanol–water partition coefficient (Wildman–Crippen LogP) is 2.72. The Morgan fingerprint density at radius 1 is 1.43 bits per heavy atom. The summed E-state index contributed by atoms with van der Waals surface area (Å²) in [6.07, 6.45) is 3.23. The third kappa shape index (κ3) is 2.32. The molecule has 0 aliphatic heterocycles. The van der Waals surface area contributed by atoms with Crippen molar-refractivity contribution in [3.63, 3.8) is 0 Å². The highest BCUT2D eigenvalue weighted by molar-refractivity contribution is 5.22. The SMILES string of the molecule is CCc1cccnc1C(O)C(C)CC. The first-order valence-corrected chi connectivity index (χ1v) is 5.32. The summed E-state index contributed by atoms with van der Waals surface area (Å²) in [6.45, 7) is 6.23. The van der Waals surface area contributed by atoms with Gasteiger partial charge in [0.05, 0.1) is 11.8 Å². The van der Waals surface area contributed by atoms with Gasteiger partial charge >= 0.3 is 0 Å². The summed E-state index contributed by atoms with van der Waals surface area (Å²) < 4.78 is 0. The van der Waals surface area contributed by atoms with Crippen molar-refractivity contribution < 1.29 is 5.11 Å². The minimum absolute atomic E-state index is 0.273. The number of hydrogen-bond acceptors (Lipinski definition) is 2. The van der Waals surface area contributed by atoms with Crippen LogP contribution in [-0.2, 0) is 6.42 Å². The van der Waals surface area contributed by atoms with Crippen molar-refractivity contribution in [3.05, 3.63) is 29.6 Å². The summed E-state index contributed by atoms with van der Waals surface area (Å²) in [6, 6.07) is 3.96. The molecule has 0 aromatic carbocycles. The van der Waals surface area contributed by atoms with E-state index in [1.165, 1.54) is 0 Å².